The van der Waals surface area contributed by atoms with Gasteiger partial charge in [-0.15, -0.1) is 0 Å². The molecule has 1 heterocycles. The second-order valence-electron chi connectivity index (χ2n) is 4.25. The van der Waals surface area contributed by atoms with E-state index in [2.05, 4.69) is 10.6 Å². The van der Waals surface area contributed by atoms with E-state index in [1.54, 1.807) is 0 Å². The average molecular weight is 168 g/mol. The van der Waals surface area contributed by atoms with E-state index in [1.807, 2.05) is 0 Å². The van der Waals surface area contributed by atoms with E-state index in [4.69, 9.17) is 0 Å². The van der Waals surface area contributed by atoms with Gasteiger partial charge in [-0.1, -0.05) is 6.42 Å². The number of nitrogens with one attached hydrogen (secondary N) is 2. The molecule has 2 heteroatoms. The van der Waals surface area contributed by atoms with Crippen molar-refractivity contribution in [3.05, 3.63) is 0 Å². The van der Waals surface area contributed by atoms with Crippen molar-refractivity contribution in [3.63, 3.8) is 0 Å². The smallest absolute Gasteiger partial charge is 0.0193 e. The van der Waals surface area contributed by atoms with Gasteiger partial charge < -0.3 is 10.6 Å². The molecule has 0 aromatic carbocycles. The zero-order chi connectivity index (χ0) is 8.23. The lowest BCUT2D eigenvalue weighted by molar-refractivity contribution is 0.275. The fourth-order valence-corrected chi connectivity index (χ4v) is 2.06. The van der Waals surface area contributed by atoms with Crippen LogP contribution < -0.4 is 10.6 Å². The summed E-state index contributed by atoms with van der Waals surface area (Å²) in [6.45, 7) is 3.68. The molecular weight excluding hydrogens is 148 g/mol. The van der Waals surface area contributed by atoms with Crippen molar-refractivity contribution in [1.82, 2.24) is 10.6 Å². The van der Waals surface area contributed by atoms with Crippen molar-refractivity contribution in [1.29, 1.82) is 0 Å². The molecule has 1 saturated carbocycles. The van der Waals surface area contributed by atoms with E-state index in [0.717, 1.165) is 12.0 Å². The third-order valence-electron chi connectivity index (χ3n) is 3.22. The van der Waals surface area contributed by atoms with Gasteiger partial charge in [-0.25, -0.2) is 0 Å². The van der Waals surface area contributed by atoms with E-state index in [9.17, 15) is 0 Å². The zero-order valence-electron chi connectivity index (χ0n) is 7.81. The fraction of sp³-hybridized carbons (Fsp3) is 1.00. The van der Waals surface area contributed by atoms with E-state index >= 15 is 0 Å². The minimum atomic E-state index is 0.763. The molecule has 2 rings (SSSR count). The molecule has 0 aromatic rings. The second-order valence-corrected chi connectivity index (χ2v) is 4.25. The third-order valence-corrected chi connectivity index (χ3v) is 3.22. The topological polar surface area (TPSA) is 24.1 Å². The molecule has 1 saturated heterocycles. The van der Waals surface area contributed by atoms with E-state index in [1.165, 1.54) is 51.7 Å². The largest absolute Gasteiger partial charge is 0.315 e. The highest BCUT2D eigenvalue weighted by atomic mass is 15.0. The van der Waals surface area contributed by atoms with Crippen LogP contribution in [-0.2, 0) is 0 Å². The van der Waals surface area contributed by atoms with Gasteiger partial charge in [0.2, 0.25) is 0 Å². The van der Waals surface area contributed by atoms with Gasteiger partial charge in [0, 0.05) is 12.6 Å². The van der Waals surface area contributed by atoms with Crippen LogP contribution in [0.4, 0.5) is 0 Å². The normalized spacial score (nSPS) is 31.5. The van der Waals surface area contributed by atoms with Gasteiger partial charge in [0.05, 0.1) is 0 Å². The lowest BCUT2D eigenvalue weighted by atomic mass is 9.85. The van der Waals surface area contributed by atoms with Gasteiger partial charge in [-0.3, -0.25) is 0 Å². The lowest BCUT2D eigenvalue weighted by Crippen LogP contribution is -2.45. The quantitative estimate of drug-likeness (QED) is 0.660. The predicted octanol–water partition coefficient (Wildman–Crippen LogP) is 1.13. The molecule has 2 fully saturated rings. The summed E-state index contributed by atoms with van der Waals surface area (Å²) < 4.78 is 0. The van der Waals surface area contributed by atoms with Crippen molar-refractivity contribution in [2.75, 3.05) is 19.6 Å². The molecule has 1 atom stereocenters. The van der Waals surface area contributed by atoms with Gasteiger partial charge in [-0.05, 0) is 44.7 Å². The first-order chi connectivity index (χ1) is 5.95. The summed E-state index contributed by atoms with van der Waals surface area (Å²) >= 11 is 0. The van der Waals surface area contributed by atoms with Crippen molar-refractivity contribution in [2.24, 2.45) is 5.92 Å². The zero-order valence-corrected chi connectivity index (χ0v) is 7.81. The molecular formula is C10H20N2. The summed E-state index contributed by atoms with van der Waals surface area (Å²) in [6.07, 6.45) is 7.12. The van der Waals surface area contributed by atoms with Crippen LogP contribution in [0.15, 0.2) is 0 Å². The monoisotopic (exact) mass is 168 g/mol. The average Bonchev–Trinajstić information content (AvgIpc) is 2.04. The van der Waals surface area contributed by atoms with Crippen LogP contribution in [0.2, 0.25) is 0 Å². The lowest BCUT2D eigenvalue weighted by Gasteiger charge is -2.30. The van der Waals surface area contributed by atoms with Gasteiger partial charge in [0.25, 0.3) is 0 Å². The van der Waals surface area contributed by atoms with Crippen molar-refractivity contribution < 1.29 is 0 Å². The summed E-state index contributed by atoms with van der Waals surface area (Å²) in [4.78, 5) is 0. The first kappa shape index (κ1) is 8.52. The molecule has 0 amide bonds. The minimum absolute atomic E-state index is 0.763. The first-order valence-corrected chi connectivity index (χ1v) is 5.39. The van der Waals surface area contributed by atoms with Crippen molar-refractivity contribution in [2.45, 2.75) is 38.1 Å². The van der Waals surface area contributed by atoms with Crippen LogP contribution in [0.1, 0.15) is 32.1 Å². The Balaban J connectivity index is 1.58. The Morgan fingerprint density at radius 1 is 1.17 bits per heavy atom. The van der Waals surface area contributed by atoms with Gasteiger partial charge in [0.15, 0.2) is 0 Å². The van der Waals surface area contributed by atoms with Crippen molar-refractivity contribution in [3.8, 4) is 0 Å². The summed E-state index contributed by atoms with van der Waals surface area (Å²) in [5.74, 6) is 1.01. The molecule has 2 N–H and O–H groups in total. The van der Waals surface area contributed by atoms with Gasteiger partial charge in [-0.2, -0.15) is 0 Å². The molecule has 70 valence electrons. The molecule has 0 radical (unpaired) electrons. The number of hydrogen-bond donors (Lipinski definition) is 2. The molecule has 12 heavy (non-hydrogen) atoms. The predicted molar refractivity (Wildman–Crippen MR) is 51.2 cm³/mol. The van der Waals surface area contributed by atoms with Crippen LogP contribution in [0, 0.1) is 5.92 Å². The minimum Gasteiger partial charge on any atom is -0.315 e. The maximum atomic E-state index is 3.66. The maximum Gasteiger partial charge on any atom is 0.0193 e. The molecule has 0 unspecified atom stereocenters. The fourth-order valence-electron chi connectivity index (χ4n) is 2.06. The summed E-state index contributed by atoms with van der Waals surface area (Å²) in [6, 6.07) is 0.763. The van der Waals surface area contributed by atoms with Crippen LogP contribution in [0.25, 0.3) is 0 Å². The third kappa shape index (κ3) is 2.20. The van der Waals surface area contributed by atoms with E-state index in [-0.39, 0.29) is 0 Å². The van der Waals surface area contributed by atoms with Crippen molar-refractivity contribution >= 4 is 0 Å². The summed E-state index contributed by atoms with van der Waals surface area (Å²) in [7, 11) is 0. The summed E-state index contributed by atoms with van der Waals surface area (Å²) in [5, 5.41) is 7.09. The Morgan fingerprint density at radius 2 is 2.08 bits per heavy atom. The second kappa shape index (κ2) is 4.24. The molecule has 2 nitrogen and oxygen atoms in total. The number of hydrogen-bond acceptors (Lipinski definition) is 2. The van der Waals surface area contributed by atoms with E-state index < -0.39 is 0 Å². The van der Waals surface area contributed by atoms with Gasteiger partial charge in [0.1, 0.15) is 0 Å². The van der Waals surface area contributed by atoms with Crippen LogP contribution in [-0.4, -0.2) is 25.7 Å². The molecule has 2 aliphatic rings. The van der Waals surface area contributed by atoms with Crippen LogP contribution in [0.5, 0.6) is 0 Å². The maximum absolute atomic E-state index is 3.66. The Labute approximate surface area is 75.1 Å². The first-order valence-electron chi connectivity index (χ1n) is 5.39. The highest BCUT2D eigenvalue weighted by Crippen LogP contribution is 2.25. The van der Waals surface area contributed by atoms with E-state index in [0.29, 0.717) is 0 Å². The Hall–Kier alpha value is -0.0800. The molecule has 1 aliphatic carbocycles. The molecule has 0 aromatic heterocycles. The Bertz CT molecular complexity index is 126. The Morgan fingerprint density at radius 3 is 2.67 bits per heavy atom. The molecule has 0 spiro atoms. The number of piperidine rings is 1. The summed E-state index contributed by atoms with van der Waals surface area (Å²) in [5.41, 5.74) is 0. The van der Waals surface area contributed by atoms with Crippen LogP contribution >= 0.6 is 0 Å². The Kier molecular flexibility index (Phi) is 3.01. The highest BCUT2D eigenvalue weighted by Gasteiger charge is 2.19. The van der Waals surface area contributed by atoms with Crippen LogP contribution in [0.3, 0.4) is 0 Å². The standard InChI is InChI=1S/C10H20N2/c1-3-9(4-1)7-12-10-5-2-6-11-8-10/h9-12H,1-8H2/t10-/m1/s1. The SMILES string of the molecule is C1CC(CN[C@@H]2CCCNC2)C1. The molecule has 1 aliphatic heterocycles. The highest BCUT2D eigenvalue weighted by molar-refractivity contribution is 4.78. The number of rotatable bonds is 3. The molecule has 0 bridgehead atoms. The van der Waals surface area contributed by atoms with Gasteiger partial charge >= 0.3 is 0 Å².